The fourth-order valence-corrected chi connectivity index (χ4v) is 4.13. The average Bonchev–Trinajstić information content (AvgIpc) is 2.73. The Morgan fingerprint density at radius 3 is 2.70 bits per heavy atom. The van der Waals surface area contributed by atoms with E-state index in [4.69, 9.17) is 14.2 Å². The van der Waals surface area contributed by atoms with Gasteiger partial charge in [0.15, 0.2) is 0 Å². The minimum absolute atomic E-state index is 0.0315. The molecular weight excluding hydrogens is 376 g/mol. The Labute approximate surface area is 183 Å². The Morgan fingerprint density at radius 2 is 2.00 bits per heavy atom. The molecule has 1 aliphatic rings. The maximum Gasteiger partial charge on any atom is 0.304 e. The van der Waals surface area contributed by atoms with Gasteiger partial charge in [-0.2, -0.15) is 0 Å². The molecule has 0 aromatic heterocycles. The topological polar surface area (TPSA) is 44.8 Å². The third-order valence-corrected chi connectivity index (χ3v) is 5.69. The minimum Gasteiger partial charge on any atom is -0.436 e. The van der Waals surface area contributed by atoms with Gasteiger partial charge in [0.2, 0.25) is 6.29 Å². The first-order valence-corrected chi connectivity index (χ1v) is 11.7. The predicted octanol–water partition coefficient (Wildman–Crippen LogP) is 6.38. The SMILES string of the molecule is C=CC[C@H](CCc1ccccc1)OC(C[C@H]1CCC[C@H](CCCCC)O1)OC(C)=O. The highest BCUT2D eigenvalue weighted by molar-refractivity contribution is 5.66. The van der Waals surface area contributed by atoms with E-state index in [1.807, 2.05) is 12.1 Å². The van der Waals surface area contributed by atoms with E-state index in [0.717, 1.165) is 38.5 Å². The Balaban J connectivity index is 1.90. The second-order valence-corrected chi connectivity index (χ2v) is 8.39. The van der Waals surface area contributed by atoms with Crippen molar-refractivity contribution >= 4 is 5.97 Å². The monoisotopic (exact) mass is 416 g/mol. The number of carbonyl (C=O) groups excluding carboxylic acids is 1. The van der Waals surface area contributed by atoms with Crippen LogP contribution in [0, 0.1) is 0 Å². The van der Waals surface area contributed by atoms with Crippen LogP contribution in [0.1, 0.15) is 83.6 Å². The molecule has 2 rings (SSSR count). The Morgan fingerprint density at radius 1 is 1.23 bits per heavy atom. The van der Waals surface area contributed by atoms with Crippen LogP contribution in [0.15, 0.2) is 43.0 Å². The lowest BCUT2D eigenvalue weighted by Crippen LogP contribution is -2.35. The largest absolute Gasteiger partial charge is 0.436 e. The van der Waals surface area contributed by atoms with E-state index in [1.165, 1.54) is 38.2 Å². The first kappa shape index (κ1) is 24.6. The zero-order valence-corrected chi connectivity index (χ0v) is 18.9. The highest BCUT2D eigenvalue weighted by Gasteiger charge is 2.28. The van der Waals surface area contributed by atoms with Crippen molar-refractivity contribution in [2.45, 2.75) is 109 Å². The molecule has 0 bridgehead atoms. The highest BCUT2D eigenvalue weighted by Crippen LogP contribution is 2.27. The van der Waals surface area contributed by atoms with Gasteiger partial charge in [0, 0.05) is 13.3 Å². The van der Waals surface area contributed by atoms with Crippen LogP contribution < -0.4 is 0 Å². The Kier molecular flexibility index (Phi) is 11.8. The number of benzene rings is 1. The molecule has 4 nitrogen and oxygen atoms in total. The quantitative estimate of drug-likeness (QED) is 0.153. The number of carbonyl (C=O) groups is 1. The summed E-state index contributed by atoms with van der Waals surface area (Å²) in [6.45, 7) is 7.54. The summed E-state index contributed by atoms with van der Waals surface area (Å²) in [7, 11) is 0. The van der Waals surface area contributed by atoms with Crippen molar-refractivity contribution in [1.29, 1.82) is 0 Å². The number of ether oxygens (including phenoxy) is 3. The molecular formula is C26H40O4. The van der Waals surface area contributed by atoms with E-state index < -0.39 is 6.29 Å². The number of esters is 1. The summed E-state index contributed by atoms with van der Waals surface area (Å²) in [4.78, 5) is 11.7. The number of aryl methyl sites for hydroxylation is 1. The molecule has 4 atom stereocenters. The molecule has 0 amide bonds. The van der Waals surface area contributed by atoms with Gasteiger partial charge in [0.1, 0.15) is 0 Å². The van der Waals surface area contributed by atoms with Crippen molar-refractivity contribution in [2.75, 3.05) is 0 Å². The van der Waals surface area contributed by atoms with Gasteiger partial charge in [0.05, 0.1) is 18.3 Å². The molecule has 1 saturated heterocycles. The molecule has 1 aromatic rings. The molecule has 1 aliphatic heterocycles. The van der Waals surface area contributed by atoms with Crippen LogP contribution in [0.4, 0.5) is 0 Å². The summed E-state index contributed by atoms with van der Waals surface area (Å²) < 4.78 is 18.1. The van der Waals surface area contributed by atoms with Gasteiger partial charge in [-0.15, -0.1) is 6.58 Å². The standard InChI is InChI=1S/C26H40O4/c1-4-6-8-15-24-16-11-17-25(29-24)20-26(28-21(3)27)30-23(12-5-2)19-18-22-13-9-7-10-14-22/h5,7,9-10,13-14,23-26H,2,4,6,8,11-12,15-20H2,1,3H3/t23-,24+,25-,26?/m1/s1. The van der Waals surface area contributed by atoms with Gasteiger partial charge < -0.3 is 14.2 Å². The summed E-state index contributed by atoms with van der Waals surface area (Å²) in [6, 6.07) is 10.4. The van der Waals surface area contributed by atoms with Crippen LogP contribution in [-0.2, 0) is 25.4 Å². The van der Waals surface area contributed by atoms with E-state index in [9.17, 15) is 4.79 Å². The van der Waals surface area contributed by atoms with Crippen LogP contribution in [-0.4, -0.2) is 30.6 Å². The van der Waals surface area contributed by atoms with E-state index in [2.05, 4.69) is 37.8 Å². The van der Waals surface area contributed by atoms with Gasteiger partial charge >= 0.3 is 5.97 Å². The van der Waals surface area contributed by atoms with E-state index in [0.29, 0.717) is 12.5 Å². The number of rotatable bonds is 14. The van der Waals surface area contributed by atoms with Crippen molar-refractivity contribution in [1.82, 2.24) is 0 Å². The van der Waals surface area contributed by atoms with Gasteiger partial charge in [-0.1, -0.05) is 62.6 Å². The predicted molar refractivity (Wildman–Crippen MR) is 121 cm³/mol. The molecule has 1 unspecified atom stereocenters. The first-order chi connectivity index (χ1) is 14.6. The molecule has 1 heterocycles. The summed E-state index contributed by atoms with van der Waals surface area (Å²) in [5, 5.41) is 0. The Bertz CT molecular complexity index is 600. The molecule has 0 radical (unpaired) electrons. The van der Waals surface area contributed by atoms with Crippen molar-refractivity contribution in [3.8, 4) is 0 Å². The molecule has 30 heavy (non-hydrogen) atoms. The minimum atomic E-state index is -0.567. The van der Waals surface area contributed by atoms with Gasteiger partial charge in [-0.25, -0.2) is 0 Å². The average molecular weight is 417 g/mol. The smallest absolute Gasteiger partial charge is 0.304 e. The summed E-state index contributed by atoms with van der Waals surface area (Å²) in [6.07, 6.45) is 12.9. The highest BCUT2D eigenvalue weighted by atomic mass is 16.7. The van der Waals surface area contributed by atoms with E-state index in [1.54, 1.807) is 0 Å². The maximum absolute atomic E-state index is 11.7. The molecule has 0 saturated carbocycles. The fraction of sp³-hybridized carbons (Fsp3) is 0.654. The summed E-state index contributed by atoms with van der Waals surface area (Å²) >= 11 is 0. The number of unbranched alkanes of at least 4 members (excludes halogenated alkanes) is 2. The van der Waals surface area contributed by atoms with Crippen LogP contribution in [0.3, 0.4) is 0 Å². The summed E-state index contributed by atoms with van der Waals surface area (Å²) in [5.41, 5.74) is 1.28. The molecule has 0 N–H and O–H groups in total. The fourth-order valence-electron chi connectivity index (χ4n) is 4.13. The molecule has 1 aromatic carbocycles. The second-order valence-electron chi connectivity index (χ2n) is 8.39. The lowest BCUT2D eigenvalue weighted by Gasteiger charge is -2.33. The number of hydrogen-bond donors (Lipinski definition) is 0. The third-order valence-electron chi connectivity index (χ3n) is 5.69. The normalized spacial score (nSPS) is 21.0. The van der Waals surface area contributed by atoms with Gasteiger partial charge in [-0.05, 0) is 50.5 Å². The van der Waals surface area contributed by atoms with E-state index >= 15 is 0 Å². The Hall–Kier alpha value is -1.65. The van der Waals surface area contributed by atoms with Crippen molar-refractivity contribution < 1.29 is 19.0 Å². The van der Waals surface area contributed by atoms with Crippen LogP contribution >= 0.6 is 0 Å². The maximum atomic E-state index is 11.7. The van der Waals surface area contributed by atoms with Crippen LogP contribution in [0.25, 0.3) is 0 Å². The molecule has 168 valence electrons. The van der Waals surface area contributed by atoms with Gasteiger partial charge in [-0.3, -0.25) is 4.79 Å². The summed E-state index contributed by atoms with van der Waals surface area (Å²) in [5.74, 6) is -0.310. The lowest BCUT2D eigenvalue weighted by atomic mass is 9.98. The van der Waals surface area contributed by atoms with E-state index in [-0.39, 0.29) is 18.2 Å². The zero-order valence-electron chi connectivity index (χ0n) is 18.9. The second kappa shape index (κ2) is 14.4. The number of hydrogen-bond acceptors (Lipinski definition) is 4. The van der Waals surface area contributed by atoms with Gasteiger partial charge in [0.25, 0.3) is 0 Å². The van der Waals surface area contributed by atoms with Crippen molar-refractivity contribution in [2.24, 2.45) is 0 Å². The van der Waals surface area contributed by atoms with Crippen molar-refractivity contribution in [3.63, 3.8) is 0 Å². The lowest BCUT2D eigenvalue weighted by molar-refractivity contribution is -0.201. The van der Waals surface area contributed by atoms with Crippen LogP contribution in [0.2, 0.25) is 0 Å². The first-order valence-electron chi connectivity index (χ1n) is 11.7. The molecule has 1 fully saturated rings. The zero-order chi connectivity index (χ0) is 21.6. The molecule has 4 heteroatoms. The van der Waals surface area contributed by atoms with Crippen molar-refractivity contribution in [3.05, 3.63) is 48.6 Å². The molecule has 0 aliphatic carbocycles. The van der Waals surface area contributed by atoms with Crippen LogP contribution in [0.5, 0.6) is 0 Å². The molecule has 0 spiro atoms. The third kappa shape index (κ3) is 9.90.